The topological polar surface area (TPSA) is 75.2 Å². The first kappa shape index (κ1) is 15.2. The van der Waals surface area contributed by atoms with Gasteiger partial charge in [-0.3, -0.25) is 0 Å². The third kappa shape index (κ3) is 3.14. The number of nitrogens with one attached hydrogen (secondary N) is 1. The molecule has 0 unspecified atom stereocenters. The predicted molar refractivity (Wildman–Crippen MR) is 75.9 cm³/mol. The molecule has 0 aliphatic carbocycles. The number of aryl methyl sites for hydroxylation is 1. The summed E-state index contributed by atoms with van der Waals surface area (Å²) in [4.78, 5) is 18.4. The number of H-pyrrole nitrogens is 1. The third-order valence-corrected chi connectivity index (χ3v) is 2.84. The summed E-state index contributed by atoms with van der Waals surface area (Å²) in [7, 11) is 1.29. The summed E-state index contributed by atoms with van der Waals surface area (Å²) in [6.45, 7) is 1.88. The van der Waals surface area contributed by atoms with Gasteiger partial charge in [-0.05, 0) is 18.6 Å². The minimum absolute atomic E-state index is 0. The van der Waals surface area contributed by atoms with Crippen molar-refractivity contribution in [2.45, 2.75) is 13.3 Å². The second-order valence-corrected chi connectivity index (χ2v) is 4.00. The average molecular weight is 327 g/mol. The lowest BCUT2D eigenvalue weighted by atomic mass is 9.99. The Balaban J connectivity index is 0.00000180. The largest absolute Gasteiger partial charge is 0.507 e. The van der Waals surface area contributed by atoms with Gasteiger partial charge in [-0.1, -0.05) is 6.07 Å². The van der Waals surface area contributed by atoms with Gasteiger partial charge in [0.2, 0.25) is 0 Å². The van der Waals surface area contributed by atoms with Crippen molar-refractivity contribution in [3.05, 3.63) is 47.0 Å². The van der Waals surface area contributed by atoms with Crippen LogP contribution in [0.2, 0.25) is 0 Å². The van der Waals surface area contributed by atoms with Crippen molar-refractivity contribution in [2.24, 2.45) is 0 Å². The fourth-order valence-electron chi connectivity index (χ4n) is 1.81. The number of carbonyl (C=O) groups is 1. The van der Waals surface area contributed by atoms with Crippen LogP contribution in [0, 0.1) is 6.92 Å². The van der Waals surface area contributed by atoms with E-state index in [0.29, 0.717) is 12.0 Å². The number of nitrogens with zero attached hydrogens (tertiary/aromatic N) is 1. The molecule has 2 N–H and O–H groups in total. The van der Waals surface area contributed by atoms with E-state index in [-0.39, 0.29) is 28.3 Å². The van der Waals surface area contributed by atoms with Crippen molar-refractivity contribution >= 4 is 23.0 Å². The molecule has 5 nitrogen and oxygen atoms in total. The lowest BCUT2D eigenvalue weighted by Gasteiger charge is -2.10. The summed E-state index contributed by atoms with van der Waals surface area (Å²) in [5.41, 5.74) is 2.66. The Morgan fingerprint density at radius 3 is 2.79 bits per heavy atom. The Kier molecular flexibility index (Phi) is 5.11. The van der Waals surface area contributed by atoms with Gasteiger partial charge < -0.3 is 14.8 Å². The van der Waals surface area contributed by atoms with Gasteiger partial charge in [-0.25, -0.2) is 9.78 Å². The maximum atomic E-state index is 11.5. The van der Waals surface area contributed by atoms with Crippen LogP contribution in [0.4, 0.5) is 0 Å². The van der Waals surface area contributed by atoms with Crippen molar-refractivity contribution in [2.75, 3.05) is 7.11 Å². The molecule has 6 heteroatoms. The maximum absolute atomic E-state index is 11.5. The normalized spacial score (nSPS) is 9.79. The number of ether oxygens (including phenoxy) is 1. The number of halogens is 1. The highest BCUT2D eigenvalue weighted by molar-refractivity contribution is 8.93. The molecular formula is C13H15BrN2O3. The number of imidazole rings is 1. The number of benzene rings is 1. The molecule has 0 aliphatic rings. The number of aromatic nitrogens is 2. The highest BCUT2D eigenvalue weighted by Crippen LogP contribution is 2.28. The van der Waals surface area contributed by atoms with E-state index in [1.54, 1.807) is 24.7 Å². The minimum Gasteiger partial charge on any atom is -0.507 e. The zero-order valence-corrected chi connectivity index (χ0v) is 12.3. The second kappa shape index (κ2) is 6.38. The van der Waals surface area contributed by atoms with Gasteiger partial charge in [0.1, 0.15) is 11.3 Å². The first-order valence-electron chi connectivity index (χ1n) is 5.50. The van der Waals surface area contributed by atoms with Gasteiger partial charge >= 0.3 is 5.97 Å². The van der Waals surface area contributed by atoms with Gasteiger partial charge in [0.05, 0.1) is 13.4 Å². The summed E-state index contributed by atoms with van der Waals surface area (Å²) in [5, 5.41) is 10.1. The van der Waals surface area contributed by atoms with Crippen LogP contribution >= 0.6 is 17.0 Å². The molecule has 1 heterocycles. The molecule has 0 spiro atoms. The number of aromatic hydroxyl groups is 1. The van der Waals surface area contributed by atoms with Gasteiger partial charge in [-0.15, -0.1) is 17.0 Å². The molecule has 0 saturated carbocycles. The van der Waals surface area contributed by atoms with Crippen LogP contribution in [-0.4, -0.2) is 28.2 Å². The van der Waals surface area contributed by atoms with Crippen molar-refractivity contribution in [1.29, 1.82) is 0 Å². The van der Waals surface area contributed by atoms with Crippen LogP contribution in [0.25, 0.3) is 0 Å². The molecule has 1 aromatic carbocycles. The molecule has 0 saturated heterocycles. The summed E-state index contributed by atoms with van der Waals surface area (Å²) in [5.74, 6) is -0.574. The van der Waals surface area contributed by atoms with Crippen molar-refractivity contribution in [3.63, 3.8) is 0 Å². The van der Waals surface area contributed by atoms with Crippen LogP contribution in [0.1, 0.15) is 27.2 Å². The number of rotatable bonds is 3. The number of phenolic OH excluding ortho intramolecular Hbond substituents is 1. The number of esters is 1. The van der Waals surface area contributed by atoms with Gasteiger partial charge in [0.15, 0.2) is 0 Å². The summed E-state index contributed by atoms with van der Waals surface area (Å²) < 4.78 is 4.63. The quantitative estimate of drug-likeness (QED) is 0.849. The van der Waals surface area contributed by atoms with E-state index in [2.05, 4.69) is 14.7 Å². The zero-order chi connectivity index (χ0) is 13.1. The fourth-order valence-corrected chi connectivity index (χ4v) is 1.81. The van der Waals surface area contributed by atoms with E-state index in [1.165, 1.54) is 7.11 Å². The Bertz CT molecular complexity index is 568. The third-order valence-electron chi connectivity index (χ3n) is 2.84. The lowest BCUT2D eigenvalue weighted by molar-refractivity contribution is 0.0597. The van der Waals surface area contributed by atoms with E-state index in [9.17, 15) is 9.90 Å². The standard InChI is InChI=1S/C13H14N2O3.BrH/c1-8-3-4-10(13(17)18-2)12(16)11(8)5-9-6-14-7-15-9;/h3-4,6-7,16H,5H2,1-2H3,(H,14,15);1H. The monoisotopic (exact) mass is 326 g/mol. The Morgan fingerprint density at radius 1 is 1.47 bits per heavy atom. The molecule has 0 fully saturated rings. The number of hydrogen-bond acceptors (Lipinski definition) is 4. The summed E-state index contributed by atoms with van der Waals surface area (Å²) in [6, 6.07) is 3.35. The predicted octanol–water partition coefficient (Wildman–Crippen LogP) is 2.38. The number of hydrogen-bond donors (Lipinski definition) is 2. The highest BCUT2D eigenvalue weighted by atomic mass is 79.9. The molecule has 19 heavy (non-hydrogen) atoms. The van der Waals surface area contributed by atoms with Crippen LogP contribution in [-0.2, 0) is 11.2 Å². The Morgan fingerprint density at radius 2 is 2.21 bits per heavy atom. The maximum Gasteiger partial charge on any atom is 0.341 e. The summed E-state index contributed by atoms with van der Waals surface area (Å²) >= 11 is 0. The van der Waals surface area contributed by atoms with Crippen LogP contribution in [0.3, 0.4) is 0 Å². The Labute approximate surface area is 121 Å². The second-order valence-electron chi connectivity index (χ2n) is 4.00. The van der Waals surface area contributed by atoms with Crippen molar-refractivity contribution in [3.8, 4) is 5.75 Å². The Hall–Kier alpha value is -1.82. The van der Waals surface area contributed by atoms with E-state index < -0.39 is 5.97 Å². The molecule has 0 amide bonds. The molecule has 2 rings (SSSR count). The highest BCUT2D eigenvalue weighted by Gasteiger charge is 2.17. The van der Waals surface area contributed by atoms with E-state index in [0.717, 1.165) is 11.3 Å². The van der Waals surface area contributed by atoms with E-state index >= 15 is 0 Å². The number of aromatic amines is 1. The van der Waals surface area contributed by atoms with Gasteiger partial charge in [0.25, 0.3) is 0 Å². The van der Waals surface area contributed by atoms with Gasteiger partial charge in [-0.2, -0.15) is 0 Å². The smallest absolute Gasteiger partial charge is 0.341 e. The van der Waals surface area contributed by atoms with E-state index in [4.69, 9.17) is 0 Å². The summed E-state index contributed by atoms with van der Waals surface area (Å²) in [6.07, 6.45) is 3.75. The van der Waals surface area contributed by atoms with Crippen LogP contribution < -0.4 is 0 Å². The SMILES string of the molecule is Br.COC(=O)c1ccc(C)c(Cc2cnc[nH]2)c1O. The van der Waals surface area contributed by atoms with E-state index in [1.807, 2.05) is 6.92 Å². The average Bonchev–Trinajstić information content (AvgIpc) is 2.86. The zero-order valence-electron chi connectivity index (χ0n) is 10.6. The molecule has 0 atom stereocenters. The molecule has 102 valence electrons. The lowest BCUT2D eigenvalue weighted by Crippen LogP contribution is -2.04. The molecule has 0 aliphatic heterocycles. The van der Waals surface area contributed by atoms with Crippen LogP contribution in [0.15, 0.2) is 24.7 Å². The molecule has 0 radical (unpaired) electrons. The van der Waals surface area contributed by atoms with Crippen molar-refractivity contribution < 1.29 is 14.6 Å². The number of phenols is 1. The first-order valence-corrected chi connectivity index (χ1v) is 5.50. The minimum atomic E-state index is -0.543. The fraction of sp³-hybridized carbons (Fsp3) is 0.231. The van der Waals surface area contributed by atoms with Crippen LogP contribution in [0.5, 0.6) is 5.75 Å². The van der Waals surface area contributed by atoms with Crippen molar-refractivity contribution in [1.82, 2.24) is 9.97 Å². The molecular weight excluding hydrogens is 312 g/mol. The molecule has 0 bridgehead atoms. The number of carbonyl (C=O) groups excluding carboxylic acids is 1. The first-order chi connectivity index (χ1) is 8.63. The van der Waals surface area contributed by atoms with Gasteiger partial charge in [0, 0.05) is 23.9 Å². The molecule has 2 aromatic rings. The number of methoxy groups -OCH3 is 1. The molecule has 1 aromatic heterocycles.